The fraction of sp³-hybridized carbons (Fsp3) is 0.552. The number of carbonyl (C=O) groups is 1. The van der Waals surface area contributed by atoms with E-state index in [4.69, 9.17) is 10.5 Å². The first-order valence-corrected chi connectivity index (χ1v) is 13.1. The summed E-state index contributed by atoms with van der Waals surface area (Å²) in [6.07, 6.45) is 4.53. The Bertz CT molecular complexity index is 1010. The number of hydrogen-bond donors (Lipinski definition) is 1. The lowest BCUT2D eigenvalue weighted by molar-refractivity contribution is -0.127. The molecule has 204 valence electrons. The maximum Gasteiger partial charge on any atom is 0.246 e. The zero-order valence-electron chi connectivity index (χ0n) is 23.7. The third-order valence-electron chi connectivity index (χ3n) is 6.84. The average molecular weight is 511 g/mol. The molecule has 0 atom stereocenters. The Morgan fingerprint density at radius 2 is 1.86 bits per heavy atom. The Labute approximate surface area is 223 Å². The predicted molar refractivity (Wildman–Crippen MR) is 157 cm³/mol. The Balaban J connectivity index is 2.25. The van der Waals surface area contributed by atoms with E-state index in [1.807, 2.05) is 11.9 Å². The van der Waals surface area contributed by atoms with Crippen molar-refractivity contribution in [2.45, 2.75) is 40.5 Å². The average Bonchev–Trinajstić information content (AvgIpc) is 2.87. The normalized spacial score (nSPS) is 14.4. The summed E-state index contributed by atoms with van der Waals surface area (Å²) in [6.45, 7) is 21.6. The molecule has 1 saturated heterocycles. The van der Waals surface area contributed by atoms with Gasteiger partial charge in [0.2, 0.25) is 5.91 Å². The third kappa shape index (κ3) is 8.10. The molecule has 2 N–H and O–H groups in total. The molecule has 1 aromatic carbocycles. The van der Waals surface area contributed by atoms with Crippen molar-refractivity contribution in [3.8, 4) is 0 Å². The zero-order chi connectivity index (χ0) is 27.5. The summed E-state index contributed by atoms with van der Waals surface area (Å²) < 4.78 is 5.01. The van der Waals surface area contributed by atoms with E-state index in [0.717, 1.165) is 56.1 Å². The van der Waals surface area contributed by atoms with Gasteiger partial charge in [0.1, 0.15) is 5.84 Å². The van der Waals surface area contributed by atoms with Gasteiger partial charge in [-0.2, -0.15) is 0 Å². The Kier molecular flexibility index (Phi) is 11.7. The minimum absolute atomic E-state index is 0.0229. The molecule has 1 amide bonds. The lowest BCUT2D eigenvalue weighted by atomic mass is 9.93. The summed E-state index contributed by atoms with van der Waals surface area (Å²) in [5.41, 5.74) is 13.2. The number of aliphatic imine (C=N–C) groups is 2. The fourth-order valence-corrected chi connectivity index (χ4v) is 4.84. The molecule has 8 heteroatoms. The summed E-state index contributed by atoms with van der Waals surface area (Å²) >= 11 is 0. The number of piperazine rings is 1. The number of nitrogens with zero attached hydrogens (tertiary/aromatic N) is 5. The highest BCUT2D eigenvalue weighted by molar-refractivity contribution is 5.98. The largest absolute Gasteiger partial charge is 0.487 e. The monoisotopic (exact) mass is 510 g/mol. The topological polar surface area (TPSA) is 86.8 Å². The highest BCUT2D eigenvalue weighted by Crippen LogP contribution is 2.35. The Hall–Kier alpha value is -3.29. The minimum Gasteiger partial charge on any atom is -0.487 e. The summed E-state index contributed by atoms with van der Waals surface area (Å²) in [4.78, 5) is 27.4. The van der Waals surface area contributed by atoms with Gasteiger partial charge in [0.25, 0.3) is 0 Å². The highest BCUT2D eigenvalue weighted by Gasteiger charge is 2.24. The number of amidine groups is 1. The van der Waals surface area contributed by atoms with E-state index in [-0.39, 0.29) is 5.91 Å². The van der Waals surface area contributed by atoms with Gasteiger partial charge >= 0.3 is 0 Å². The first kappa shape index (κ1) is 29.9. The molecule has 1 aromatic rings. The van der Waals surface area contributed by atoms with E-state index in [1.54, 1.807) is 7.11 Å². The molecule has 0 unspecified atom stereocenters. The van der Waals surface area contributed by atoms with Gasteiger partial charge in [0.05, 0.1) is 13.7 Å². The van der Waals surface area contributed by atoms with E-state index in [9.17, 15) is 4.79 Å². The van der Waals surface area contributed by atoms with Crippen LogP contribution < -0.4 is 10.6 Å². The van der Waals surface area contributed by atoms with Crippen LogP contribution in [0, 0.1) is 19.8 Å². The van der Waals surface area contributed by atoms with E-state index in [1.165, 1.54) is 34.9 Å². The van der Waals surface area contributed by atoms with Crippen LogP contribution in [0.4, 0.5) is 11.4 Å². The molecule has 8 nitrogen and oxygen atoms in total. The van der Waals surface area contributed by atoms with Gasteiger partial charge < -0.3 is 25.2 Å². The predicted octanol–water partition coefficient (Wildman–Crippen LogP) is 3.87. The number of benzene rings is 1. The molecule has 0 bridgehead atoms. The van der Waals surface area contributed by atoms with Crippen molar-refractivity contribution in [3.05, 3.63) is 47.6 Å². The summed E-state index contributed by atoms with van der Waals surface area (Å²) in [6, 6.07) is 2.09. The van der Waals surface area contributed by atoms with E-state index in [0.29, 0.717) is 25.6 Å². The molecule has 2 rings (SSSR count). The van der Waals surface area contributed by atoms with E-state index in [2.05, 4.69) is 66.7 Å². The van der Waals surface area contributed by atoms with Crippen molar-refractivity contribution in [1.82, 2.24) is 9.80 Å². The quantitative estimate of drug-likeness (QED) is 0.200. The number of hydrogen-bond acceptors (Lipinski definition) is 6. The first-order valence-electron chi connectivity index (χ1n) is 13.1. The molecule has 1 aliphatic rings. The summed E-state index contributed by atoms with van der Waals surface area (Å²) in [5.74, 6) is 1.37. The number of methoxy groups -OCH3 is 1. The Morgan fingerprint density at radius 1 is 1.22 bits per heavy atom. The second-order valence-corrected chi connectivity index (χ2v) is 9.98. The summed E-state index contributed by atoms with van der Waals surface area (Å²) in [5, 5.41) is 0. The number of nitrogen functional groups attached to an aromatic ring is 1. The van der Waals surface area contributed by atoms with E-state index >= 15 is 0 Å². The smallest absolute Gasteiger partial charge is 0.246 e. The second kappa shape index (κ2) is 14.4. The van der Waals surface area contributed by atoms with Crippen molar-refractivity contribution in [2.24, 2.45) is 15.9 Å². The standard InChI is InChI=1S/C29H46N6O2/c1-9-27(36)33-14-16-35(17-15-33)29(31-7)22(4)10-12-34(13-11-32-20-37-8)28-24(6)23(5)19-26(30)25(28)18-21(2)3/h9,19-21H,1,4,10-18,30H2,2-3,5-8H3. The van der Waals surface area contributed by atoms with Crippen LogP contribution in [0.2, 0.25) is 0 Å². The SMILES string of the molecule is C=CC(=O)N1CCN(C(=NC)C(=C)CCN(CCN=COC)c2c(C)c(C)cc(N)c2CC(C)C)CC1. The second-order valence-electron chi connectivity index (χ2n) is 9.98. The van der Waals surface area contributed by atoms with Gasteiger partial charge in [0.15, 0.2) is 6.40 Å². The number of nitrogens with two attached hydrogens (primary N) is 1. The molecule has 1 heterocycles. The molecule has 1 fully saturated rings. The molecule has 37 heavy (non-hydrogen) atoms. The zero-order valence-corrected chi connectivity index (χ0v) is 23.7. The van der Waals surface area contributed by atoms with Crippen molar-refractivity contribution >= 4 is 29.5 Å². The third-order valence-corrected chi connectivity index (χ3v) is 6.84. The van der Waals surface area contributed by atoms with Crippen LogP contribution in [-0.2, 0) is 16.0 Å². The number of anilines is 2. The first-order chi connectivity index (χ1) is 17.6. The van der Waals surface area contributed by atoms with Gasteiger partial charge in [0, 0.05) is 57.7 Å². The minimum atomic E-state index is -0.0229. The van der Waals surface area contributed by atoms with Crippen LogP contribution in [0.1, 0.15) is 37.0 Å². The molecule has 0 spiro atoms. The molecule has 0 aliphatic carbocycles. The maximum absolute atomic E-state index is 12.0. The van der Waals surface area contributed by atoms with Crippen molar-refractivity contribution in [3.63, 3.8) is 0 Å². The van der Waals surface area contributed by atoms with Crippen molar-refractivity contribution < 1.29 is 9.53 Å². The maximum atomic E-state index is 12.0. The van der Waals surface area contributed by atoms with Gasteiger partial charge in [-0.15, -0.1) is 0 Å². The number of amides is 1. The molecule has 0 aromatic heterocycles. The van der Waals surface area contributed by atoms with Gasteiger partial charge in [-0.3, -0.25) is 14.8 Å². The van der Waals surface area contributed by atoms with E-state index < -0.39 is 0 Å². The van der Waals surface area contributed by atoms with Gasteiger partial charge in [-0.25, -0.2) is 0 Å². The van der Waals surface area contributed by atoms with Crippen LogP contribution in [-0.4, -0.2) is 87.9 Å². The molecule has 0 radical (unpaired) electrons. The molecule has 1 aliphatic heterocycles. The van der Waals surface area contributed by atoms with Crippen molar-refractivity contribution in [1.29, 1.82) is 0 Å². The van der Waals surface area contributed by atoms with Crippen LogP contribution >= 0.6 is 0 Å². The number of carbonyl (C=O) groups excluding carboxylic acids is 1. The lowest BCUT2D eigenvalue weighted by Crippen LogP contribution is -2.50. The number of aryl methyl sites for hydroxylation is 1. The van der Waals surface area contributed by atoms with Crippen LogP contribution in [0.3, 0.4) is 0 Å². The van der Waals surface area contributed by atoms with Crippen molar-refractivity contribution in [2.75, 3.05) is 70.6 Å². The number of rotatable bonds is 12. The fourth-order valence-electron chi connectivity index (χ4n) is 4.84. The van der Waals surface area contributed by atoms with Gasteiger partial charge in [-0.1, -0.05) is 27.0 Å². The summed E-state index contributed by atoms with van der Waals surface area (Å²) in [7, 11) is 3.42. The number of ether oxygens (including phenoxy) is 1. The molecular weight excluding hydrogens is 464 g/mol. The van der Waals surface area contributed by atoms with Gasteiger partial charge in [-0.05, 0) is 67.0 Å². The lowest BCUT2D eigenvalue weighted by Gasteiger charge is -2.37. The van der Waals surface area contributed by atoms with Crippen LogP contribution in [0.25, 0.3) is 0 Å². The van der Waals surface area contributed by atoms with Crippen LogP contribution in [0.15, 0.2) is 40.9 Å². The van der Waals surface area contributed by atoms with Crippen LogP contribution in [0.5, 0.6) is 0 Å². The Morgan fingerprint density at radius 3 is 2.43 bits per heavy atom. The molecule has 0 saturated carbocycles. The highest BCUT2D eigenvalue weighted by atomic mass is 16.5. The molecular formula is C29H46N6O2.